The third-order valence-electron chi connectivity index (χ3n) is 3.57. The molecule has 0 aromatic heterocycles. The molecule has 1 heterocycles. The van der Waals surface area contributed by atoms with Crippen molar-refractivity contribution in [3.8, 4) is 0 Å². The van der Waals surface area contributed by atoms with Crippen LogP contribution >= 0.6 is 15.9 Å². The van der Waals surface area contributed by atoms with E-state index in [1.54, 1.807) is 0 Å². The molecule has 1 atom stereocenters. The van der Waals surface area contributed by atoms with Gasteiger partial charge in [0.1, 0.15) is 11.8 Å². The van der Waals surface area contributed by atoms with E-state index in [1.807, 2.05) is 6.07 Å². The van der Waals surface area contributed by atoms with Crippen LogP contribution in [0.15, 0.2) is 52.7 Å². The molecule has 1 unspecified atom stereocenters. The molecule has 2 aromatic rings. The van der Waals surface area contributed by atoms with E-state index in [2.05, 4.69) is 57.8 Å². The monoisotopic (exact) mass is 332 g/mol. The van der Waals surface area contributed by atoms with Crippen LogP contribution in [0.1, 0.15) is 24.4 Å². The maximum absolute atomic E-state index is 5.73. The summed E-state index contributed by atoms with van der Waals surface area (Å²) in [5, 5.41) is 2.40. The van der Waals surface area contributed by atoms with Crippen LogP contribution in [0.5, 0.6) is 0 Å². The first-order valence-electron chi connectivity index (χ1n) is 6.76. The van der Waals surface area contributed by atoms with Gasteiger partial charge in [-0.25, -0.2) is 5.43 Å². The second kappa shape index (κ2) is 5.95. The standard InChI is InChI=1S/C16H17BrN2O/c17-14-7-6-11-9-13(5-4-12(11)10-14)16(19-18)15-3-1-2-8-20-15/h3-7,9-10,16,19H,1-2,8,18H2. The molecule has 3 nitrogen and oxygen atoms in total. The van der Waals surface area contributed by atoms with E-state index in [1.165, 1.54) is 10.8 Å². The van der Waals surface area contributed by atoms with E-state index in [9.17, 15) is 0 Å². The summed E-state index contributed by atoms with van der Waals surface area (Å²) in [5.41, 5.74) is 3.98. The SMILES string of the molecule is NNC(C1=CCCCO1)c1ccc2cc(Br)ccc2c1. The third kappa shape index (κ3) is 2.73. The number of fused-ring (bicyclic) bond motifs is 1. The van der Waals surface area contributed by atoms with Crippen molar-refractivity contribution in [2.75, 3.05) is 6.61 Å². The Kier molecular flexibility index (Phi) is 4.05. The fraction of sp³-hybridized carbons (Fsp3) is 0.250. The molecule has 3 rings (SSSR count). The first-order chi connectivity index (χ1) is 9.78. The zero-order valence-electron chi connectivity index (χ0n) is 11.1. The van der Waals surface area contributed by atoms with Crippen molar-refractivity contribution in [3.63, 3.8) is 0 Å². The van der Waals surface area contributed by atoms with Crippen LogP contribution in [0.3, 0.4) is 0 Å². The molecule has 104 valence electrons. The zero-order chi connectivity index (χ0) is 13.9. The maximum atomic E-state index is 5.73. The van der Waals surface area contributed by atoms with Gasteiger partial charge in [-0.05, 0) is 53.5 Å². The van der Waals surface area contributed by atoms with Crippen molar-refractivity contribution in [1.29, 1.82) is 0 Å². The lowest BCUT2D eigenvalue weighted by Crippen LogP contribution is -2.31. The molecule has 0 amide bonds. The lowest BCUT2D eigenvalue weighted by Gasteiger charge is -2.23. The quantitative estimate of drug-likeness (QED) is 0.663. The van der Waals surface area contributed by atoms with Crippen molar-refractivity contribution < 1.29 is 4.74 Å². The molecule has 2 aromatic carbocycles. The molecule has 20 heavy (non-hydrogen) atoms. The molecule has 3 N–H and O–H groups in total. The van der Waals surface area contributed by atoms with Gasteiger partial charge in [0.05, 0.1) is 6.61 Å². The lowest BCUT2D eigenvalue weighted by atomic mass is 9.99. The second-order valence-corrected chi connectivity index (χ2v) is 5.86. The van der Waals surface area contributed by atoms with Crippen LogP contribution < -0.4 is 11.3 Å². The summed E-state index contributed by atoms with van der Waals surface area (Å²) in [6, 6.07) is 12.6. The number of ether oxygens (including phenoxy) is 1. The second-order valence-electron chi connectivity index (χ2n) is 4.95. The highest BCUT2D eigenvalue weighted by Gasteiger charge is 2.18. The summed E-state index contributed by atoms with van der Waals surface area (Å²) in [5.74, 6) is 6.65. The molecule has 0 fully saturated rings. The number of nitrogens with two attached hydrogens (primary N) is 1. The van der Waals surface area contributed by atoms with Gasteiger partial charge >= 0.3 is 0 Å². The molecule has 0 saturated heterocycles. The smallest absolute Gasteiger partial charge is 0.115 e. The number of benzene rings is 2. The average molecular weight is 333 g/mol. The van der Waals surface area contributed by atoms with Crippen molar-refractivity contribution >= 4 is 26.7 Å². The van der Waals surface area contributed by atoms with Gasteiger partial charge in [-0.3, -0.25) is 5.84 Å². The van der Waals surface area contributed by atoms with Crippen LogP contribution in [0.4, 0.5) is 0 Å². The van der Waals surface area contributed by atoms with E-state index in [4.69, 9.17) is 10.6 Å². The summed E-state index contributed by atoms with van der Waals surface area (Å²) in [6.45, 7) is 0.768. The summed E-state index contributed by atoms with van der Waals surface area (Å²) < 4.78 is 6.82. The van der Waals surface area contributed by atoms with Crippen molar-refractivity contribution in [3.05, 3.63) is 58.3 Å². The lowest BCUT2D eigenvalue weighted by molar-refractivity contribution is 0.168. The minimum absolute atomic E-state index is 0.0802. The number of hydrogen-bond donors (Lipinski definition) is 2. The highest BCUT2D eigenvalue weighted by molar-refractivity contribution is 9.10. The van der Waals surface area contributed by atoms with Gasteiger partial charge in [0, 0.05) is 4.47 Å². The van der Waals surface area contributed by atoms with Crippen molar-refractivity contribution in [2.24, 2.45) is 5.84 Å². The van der Waals surface area contributed by atoms with E-state index in [0.717, 1.165) is 35.2 Å². The van der Waals surface area contributed by atoms with Gasteiger partial charge in [-0.2, -0.15) is 0 Å². The van der Waals surface area contributed by atoms with Crippen molar-refractivity contribution in [2.45, 2.75) is 18.9 Å². The molecule has 4 heteroatoms. The van der Waals surface area contributed by atoms with Gasteiger partial charge in [0.15, 0.2) is 0 Å². The highest BCUT2D eigenvalue weighted by Crippen LogP contribution is 2.28. The highest BCUT2D eigenvalue weighted by atomic mass is 79.9. The minimum Gasteiger partial charge on any atom is -0.496 e. The Bertz CT molecular complexity index is 654. The van der Waals surface area contributed by atoms with E-state index < -0.39 is 0 Å². The summed E-state index contributed by atoms with van der Waals surface area (Å²) in [4.78, 5) is 0. The Morgan fingerprint density at radius 2 is 1.95 bits per heavy atom. The molecule has 0 spiro atoms. The number of rotatable bonds is 3. The van der Waals surface area contributed by atoms with E-state index >= 15 is 0 Å². The topological polar surface area (TPSA) is 47.3 Å². The molecule has 0 radical (unpaired) electrons. The molecule has 0 bridgehead atoms. The van der Waals surface area contributed by atoms with Crippen LogP contribution in [0.2, 0.25) is 0 Å². The fourth-order valence-corrected chi connectivity index (χ4v) is 2.91. The van der Waals surface area contributed by atoms with Gasteiger partial charge < -0.3 is 4.74 Å². The Balaban J connectivity index is 1.99. The Labute approximate surface area is 126 Å². The Hall–Kier alpha value is -1.36. The third-order valence-corrected chi connectivity index (χ3v) is 4.07. The van der Waals surface area contributed by atoms with Gasteiger partial charge in [-0.1, -0.05) is 34.1 Å². The van der Waals surface area contributed by atoms with Crippen LogP contribution in [0, 0.1) is 0 Å². The van der Waals surface area contributed by atoms with E-state index in [0.29, 0.717) is 0 Å². The van der Waals surface area contributed by atoms with Crippen molar-refractivity contribution in [1.82, 2.24) is 5.43 Å². The first-order valence-corrected chi connectivity index (χ1v) is 7.55. The van der Waals surface area contributed by atoms with Crippen LogP contribution in [0.25, 0.3) is 10.8 Å². The number of hydrazine groups is 1. The molecule has 1 aliphatic rings. The maximum Gasteiger partial charge on any atom is 0.115 e. The van der Waals surface area contributed by atoms with Gasteiger partial charge in [0.2, 0.25) is 0 Å². The molecular formula is C16H17BrN2O. The number of hydrogen-bond acceptors (Lipinski definition) is 3. The normalized spacial score (nSPS) is 16.6. The molecule has 0 aliphatic carbocycles. The Morgan fingerprint density at radius 1 is 1.15 bits per heavy atom. The minimum atomic E-state index is -0.0802. The number of halogens is 1. The summed E-state index contributed by atoms with van der Waals surface area (Å²) in [6.07, 6.45) is 4.25. The molecular weight excluding hydrogens is 316 g/mol. The predicted octanol–water partition coefficient (Wildman–Crippen LogP) is 3.80. The number of nitrogens with one attached hydrogen (secondary N) is 1. The summed E-state index contributed by atoms with van der Waals surface area (Å²) in [7, 11) is 0. The van der Waals surface area contributed by atoms with Crippen LogP contribution in [-0.4, -0.2) is 6.61 Å². The van der Waals surface area contributed by atoms with Gasteiger partial charge in [0.25, 0.3) is 0 Å². The Morgan fingerprint density at radius 3 is 2.70 bits per heavy atom. The fourth-order valence-electron chi connectivity index (χ4n) is 2.54. The van der Waals surface area contributed by atoms with Crippen LogP contribution in [-0.2, 0) is 4.74 Å². The largest absolute Gasteiger partial charge is 0.496 e. The first kappa shape index (κ1) is 13.6. The predicted molar refractivity (Wildman–Crippen MR) is 85.0 cm³/mol. The molecule has 1 aliphatic heterocycles. The molecule has 0 saturated carbocycles. The average Bonchev–Trinajstić information content (AvgIpc) is 2.49. The summed E-state index contributed by atoms with van der Waals surface area (Å²) >= 11 is 3.49. The van der Waals surface area contributed by atoms with Gasteiger partial charge in [-0.15, -0.1) is 0 Å². The van der Waals surface area contributed by atoms with E-state index in [-0.39, 0.29) is 6.04 Å². The zero-order valence-corrected chi connectivity index (χ0v) is 12.7. The number of allylic oxidation sites excluding steroid dienone is 1.